The molecule has 1 aliphatic rings. The lowest BCUT2D eigenvalue weighted by Gasteiger charge is -2.30. The summed E-state index contributed by atoms with van der Waals surface area (Å²) in [5, 5.41) is 11.7. The van der Waals surface area contributed by atoms with Gasteiger partial charge in [0.25, 0.3) is 0 Å². The Bertz CT molecular complexity index is 1240. The molecule has 0 amide bonds. The zero-order valence-corrected chi connectivity index (χ0v) is 17.4. The molecule has 0 saturated carbocycles. The summed E-state index contributed by atoms with van der Waals surface area (Å²) in [6.07, 6.45) is -0.00178. The van der Waals surface area contributed by atoms with Crippen molar-refractivity contribution < 1.29 is 19.0 Å². The molecule has 2 unspecified atom stereocenters. The molecule has 4 aromatic rings. The number of hydrogen-bond donors (Lipinski definition) is 2. The number of anilines is 1. The molecule has 31 heavy (non-hydrogen) atoms. The molecular formula is C24H21FN2O3S. The van der Waals surface area contributed by atoms with Crippen LogP contribution >= 0.6 is 11.3 Å². The number of nitrogens with zero attached hydrogens (tertiary/aromatic N) is 1. The molecule has 3 aromatic carbocycles. The van der Waals surface area contributed by atoms with Crippen molar-refractivity contribution in [2.45, 2.75) is 19.1 Å². The predicted octanol–water partition coefficient (Wildman–Crippen LogP) is 4.88. The Hall–Kier alpha value is -3.16. The van der Waals surface area contributed by atoms with Crippen LogP contribution in [0.2, 0.25) is 0 Å². The first-order chi connectivity index (χ1) is 15.0. The molecule has 2 heterocycles. The molecule has 7 heteroatoms. The highest BCUT2D eigenvalue weighted by atomic mass is 32.1. The number of nitrogen functional groups attached to an aromatic ring is 1. The van der Waals surface area contributed by atoms with Gasteiger partial charge in [-0.25, -0.2) is 9.37 Å². The van der Waals surface area contributed by atoms with Crippen LogP contribution in [0.1, 0.15) is 22.2 Å². The highest BCUT2D eigenvalue weighted by Crippen LogP contribution is 2.39. The van der Waals surface area contributed by atoms with Gasteiger partial charge in [0.2, 0.25) is 0 Å². The maximum Gasteiger partial charge on any atom is 0.140 e. The molecular weight excluding hydrogens is 415 g/mol. The normalized spacial score (nSPS) is 17.9. The third kappa shape index (κ3) is 4.19. The number of aliphatic hydroxyl groups is 1. The van der Waals surface area contributed by atoms with Crippen LogP contribution in [0.5, 0.6) is 11.5 Å². The second-order valence-corrected chi connectivity index (χ2v) is 8.79. The van der Waals surface area contributed by atoms with E-state index in [1.54, 1.807) is 6.07 Å². The number of halogens is 1. The van der Waals surface area contributed by atoms with Gasteiger partial charge < -0.3 is 20.3 Å². The molecule has 2 atom stereocenters. The maximum atomic E-state index is 13.4. The maximum absolute atomic E-state index is 13.4. The third-order valence-electron chi connectivity index (χ3n) is 5.40. The first kappa shape index (κ1) is 19.8. The summed E-state index contributed by atoms with van der Waals surface area (Å²) in [6.45, 7) is 0.703. The molecule has 1 aromatic heterocycles. The fourth-order valence-corrected chi connectivity index (χ4v) is 4.73. The second kappa shape index (κ2) is 8.17. The van der Waals surface area contributed by atoms with Crippen molar-refractivity contribution >= 4 is 27.2 Å². The number of fused-ring (bicyclic) bond motifs is 2. The van der Waals surface area contributed by atoms with Gasteiger partial charge in [0.05, 0.1) is 22.9 Å². The number of thiazole rings is 1. The monoisotopic (exact) mass is 436 g/mol. The fourth-order valence-electron chi connectivity index (χ4n) is 3.87. The standard InChI is InChI=1S/C24H21FN2O3S/c25-16-4-7-22-20(10-16)27-23(31-22)13-29-18-5-6-21-19(11-18)24(28)15(12-30-21)8-14-2-1-3-17(26)9-14/h1-7,9-11,15,24,28H,8,12-13,26H2. The summed E-state index contributed by atoms with van der Waals surface area (Å²) in [7, 11) is 0. The van der Waals surface area contributed by atoms with Crippen molar-refractivity contribution in [3.05, 3.63) is 82.6 Å². The summed E-state index contributed by atoms with van der Waals surface area (Å²) in [6, 6.07) is 17.7. The second-order valence-electron chi connectivity index (χ2n) is 7.67. The Labute approximate surface area is 182 Å². The first-order valence-corrected chi connectivity index (χ1v) is 10.8. The van der Waals surface area contributed by atoms with E-state index in [9.17, 15) is 9.50 Å². The lowest BCUT2D eigenvalue weighted by atomic mass is 9.88. The van der Waals surface area contributed by atoms with Crippen LogP contribution < -0.4 is 15.2 Å². The highest BCUT2D eigenvalue weighted by molar-refractivity contribution is 7.18. The third-order valence-corrected chi connectivity index (χ3v) is 6.41. The van der Waals surface area contributed by atoms with Crippen LogP contribution in [0, 0.1) is 11.7 Å². The molecule has 5 nitrogen and oxygen atoms in total. The first-order valence-electron chi connectivity index (χ1n) is 10.0. The number of nitrogens with two attached hydrogens (primary N) is 1. The molecule has 1 aliphatic heterocycles. The van der Waals surface area contributed by atoms with Gasteiger partial charge in [0.1, 0.15) is 28.9 Å². The quantitative estimate of drug-likeness (QED) is 0.436. The Kier molecular flexibility index (Phi) is 5.21. The SMILES string of the molecule is Nc1cccc(CC2COc3ccc(OCc4nc5cc(F)ccc5s4)cc3C2O)c1. The Morgan fingerprint density at radius 3 is 2.94 bits per heavy atom. The van der Waals surface area contributed by atoms with Gasteiger partial charge in [-0.1, -0.05) is 12.1 Å². The van der Waals surface area contributed by atoms with Crippen LogP contribution in [0.3, 0.4) is 0 Å². The van der Waals surface area contributed by atoms with Crippen LogP contribution in [0.4, 0.5) is 10.1 Å². The van der Waals surface area contributed by atoms with Crippen molar-refractivity contribution in [1.82, 2.24) is 4.98 Å². The van der Waals surface area contributed by atoms with Gasteiger partial charge in [0, 0.05) is 23.2 Å². The van der Waals surface area contributed by atoms with Gasteiger partial charge in [-0.3, -0.25) is 0 Å². The van der Waals surface area contributed by atoms with E-state index in [0.717, 1.165) is 15.3 Å². The Morgan fingerprint density at radius 2 is 2.06 bits per heavy atom. The van der Waals surface area contributed by atoms with Crippen molar-refractivity contribution in [2.75, 3.05) is 12.3 Å². The summed E-state index contributed by atoms with van der Waals surface area (Å²) in [5.41, 5.74) is 8.99. The van der Waals surface area contributed by atoms with E-state index in [4.69, 9.17) is 15.2 Å². The minimum Gasteiger partial charge on any atom is -0.493 e. The topological polar surface area (TPSA) is 77.6 Å². The molecule has 3 N–H and O–H groups in total. The number of rotatable bonds is 5. The fraction of sp³-hybridized carbons (Fsp3) is 0.208. The van der Waals surface area contributed by atoms with Crippen LogP contribution in [-0.4, -0.2) is 16.7 Å². The summed E-state index contributed by atoms with van der Waals surface area (Å²) in [4.78, 5) is 4.43. The minimum absolute atomic E-state index is 0.0799. The number of benzene rings is 3. The van der Waals surface area contributed by atoms with Crippen LogP contribution in [0.25, 0.3) is 10.2 Å². The summed E-state index contributed by atoms with van der Waals surface area (Å²) >= 11 is 1.47. The Balaban J connectivity index is 1.30. The summed E-state index contributed by atoms with van der Waals surface area (Å²) < 4.78 is 26.1. The van der Waals surface area contributed by atoms with Crippen LogP contribution in [-0.2, 0) is 13.0 Å². The molecule has 5 rings (SSSR count). The average Bonchev–Trinajstić information content (AvgIpc) is 3.16. The summed E-state index contributed by atoms with van der Waals surface area (Å²) in [5.74, 6) is 0.904. The Morgan fingerprint density at radius 1 is 1.16 bits per heavy atom. The zero-order valence-electron chi connectivity index (χ0n) is 16.6. The lowest BCUT2D eigenvalue weighted by Crippen LogP contribution is -2.27. The molecule has 158 valence electrons. The van der Waals surface area contributed by atoms with Gasteiger partial charge in [-0.2, -0.15) is 0 Å². The van der Waals surface area contributed by atoms with E-state index >= 15 is 0 Å². The van der Waals surface area contributed by atoms with E-state index in [0.29, 0.717) is 41.3 Å². The smallest absolute Gasteiger partial charge is 0.140 e. The number of aliphatic hydroxyl groups excluding tert-OH is 1. The van der Waals surface area contributed by atoms with E-state index < -0.39 is 6.10 Å². The van der Waals surface area contributed by atoms with Crippen molar-refractivity contribution in [2.24, 2.45) is 5.92 Å². The molecule has 0 radical (unpaired) electrons. The average molecular weight is 437 g/mol. The lowest BCUT2D eigenvalue weighted by molar-refractivity contribution is 0.0504. The minimum atomic E-state index is -0.667. The van der Waals surface area contributed by atoms with E-state index in [-0.39, 0.29) is 18.3 Å². The molecule has 0 fully saturated rings. The van der Waals surface area contributed by atoms with Gasteiger partial charge in [-0.05, 0) is 54.4 Å². The van der Waals surface area contributed by atoms with Gasteiger partial charge in [-0.15, -0.1) is 11.3 Å². The van der Waals surface area contributed by atoms with Crippen molar-refractivity contribution in [1.29, 1.82) is 0 Å². The van der Waals surface area contributed by atoms with E-state index in [1.807, 2.05) is 42.5 Å². The van der Waals surface area contributed by atoms with E-state index in [1.165, 1.54) is 23.5 Å². The zero-order chi connectivity index (χ0) is 21.4. The number of ether oxygens (including phenoxy) is 2. The molecule has 0 spiro atoms. The van der Waals surface area contributed by atoms with Crippen molar-refractivity contribution in [3.63, 3.8) is 0 Å². The van der Waals surface area contributed by atoms with Crippen LogP contribution in [0.15, 0.2) is 60.7 Å². The molecule has 0 bridgehead atoms. The molecule has 0 saturated heterocycles. The highest BCUT2D eigenvalue weighted by Gasteiger charge is 2.30. The van der Waals surface area contributed by atoms with Gasteiger partial charge in [0.15, 0.2) is 0 Å². The molecule has 0 aliphatic carbocycles. The van der Waals surface area contributed by atoms with E-state index in [2.05, 4.69) is 4.98 Å². The van der Waals surface area contributed by atoms with Crippen molar-refractivity contribution in [3.8, 4) is 11.5 Å². The number of hydrogen-bond acceptors (Lipinski definition) is 6. The number of aromatic nitrogens is 1. The predicted molar refractivity (Wildman–Crippen MR) is 119 cm³/mol. The largest absolute Gasteiger partial charge is 0.493 e. The van der Waals surface area contributed by atoms with Gasteiger partial charge >= 0.3 is 0 Å².